The number of urea groups is 1. The smallest absolute Gasteiger partial charge is 0.317 e. The summed E-state index contributed by atoms with van der Waals surface area (Å²) in [6.45, 7) is 3.68. The van der Waals surface area contributed by atoms with Crippen molar-refractivity contribution in [2.75, 3.05) is 40.3 Å². The maximum absolute atomic E-state index is 12.4. The van der Waals surface area contributed by atoms with E-state index in [-0.39, 0.29) is 6.03 Å². The molecule has 2 amide bonds. The predicted octanol–water partition coefficient (Wildman–Crippen LogP) is 2.38. The molecule has 0 spiro atoms. The van der Waals surface area contributed by atoms with E-state index in [4.69, 9.17) is 0 Å². The van der Waals surface area contributed by atoms with Crippen LogP contribution in [0.15, 0.2) is 24.3 Å². The third-order valence-corrected chi connectivity index (χ3v) is 5.19. The number of carbonyl (C=O) groups is 1. The van der Waals surface area contributed by atoms with Gasteiger partial charge in [-0.05, 0) is 62.7 Å². The van der Waals surface area contributed by atoms with Crippen LogP contribution >= 0.6 is 0 Å². The Balaban J connectivity index is 1.44. The standard InChI is InChI=1S/C19H29N3O/c1-21(2)13-16-9-10-22(14-16)19(23)20-12-15-7-8-17-5-3-4-6-18(17)11-15/h3-6,15-16H,7-14H2,1-2H3,(H,20,23)/t15-,16+/m1/s1. The zero-order chi connectivity index (χ0) is 16.2. The number of amides is 2. The molecule has 1 aromatic carbocycles. The predicted molar refractivity (Wildman–Crippen MR) is 93.6 cm³/mol. The minimum atomic E-state index is 0.130. The van der Waals surface area contributed by atoms with E-state index in [0.29, 0.717) is 11.8 Å². The molecule has 4 heteroatoms. The number of hydrogen-bond acceptors (Lipinski definition) is 2. The monoisotopic (exact) mass is 315 g/mol. The lowest BCUT2D eigenvalue weighted by Crippen LogP contribution is -2.41. The van der Waals surface area contributed by atoms with Crippen LogP contribution in [0.3, 0.4) is 0 Å². The molecule has 0 saturated carbocycles. The summed E-state index contributed by atoms with van der Waals surface area (Å²) >= 11 is 0. The number of nitrogens with zero attached hydrogens (tertiary/aromatic N) is 2. The molecule has 1 heterocycles. The summed E-state index contributed by atoms with van der Waals surface area (Å²) in [4.78, 5) is 16.6. The lowest BCUT2D eigenvalue weighted by molar-refractivity contribution is 0.203. The quantitative estimate of drug-likeness (QED) is 0.926. The molecule has 1 saturated heterocycles. The van der Waals surface area contributed by atoms with E-state index >= 15 is 0 Å². The van der Waals surface area contributed by atoms with Crippen molar-refractivity contribution in [2.24, 2.45) is 11.8 Å². The molecule has 0 bridgehead atoms. The van der Waals surface area contributed by atoms with Gasteiger partial charge in [-0.25, -0.2) is 4.79 Å². The molecule has 126 valence electrons. The van der Waals surface area contributed by atoms with Gasteiger partial charge >= 0.3 is 6.03 Å². The van der Waals surface area contributed by atoms with Crippen LogP contribution in [-0.4, -0.2) is 56.1 Å². The molecule has 1 N–H and O–H groups in total. The van der Waals surface area contributed by atoms with E-state index in [1.165, 1.54) is 17.5 Å². The molecule has 1 aromatic rings. The zero-order valence-electron chi connectivity index (χ0n) is 14.4. The van der Waals surface area contributed by atoms with E-state index in [9.17, 15) is 4.79 Å². The number of rotatable bonds is 4. The minimum Gasteiger partial charge on any atom is -0.338 e. The Morgan fingerprint density at radius 2 is 2.00 bits per heavy atom. The van der Waals surface area contributed by atoms with Gasteiger partial charge in [0.1, 0.15) is 0 Å². The Hall–Kier alpha value is -1.55. The lowest BCUT2D eigenvalue weighted by Gasteiger charge is -2.26. The molecule has 23 heavy (non-hydrogen) atoms. The van der Waals surface area contributed by atoms with Crippen molar-refractivity contribution in [1.82, 2.24) is 15.1 Å². The highest BCUT2D eigenvalue weighted by molar-refractivity contribution is 5.74. The van der Waals surface area contributed by atoms with Crippen molar-refractivity contribution in [3.8, 4) is 0 Å². The van der Waals surface area contributed by atoms with Crippen molar-refractivity contribution in [3.63, 3.8) is 0 Å². The van der Waals surface area contributed by atoms with Crippen molar-refractivity contribution in [1.29, 1.82) is 0 Å². The van der Waals surface area contributed by atoms with Crippen molar-refractivity contribution >= 4 is 6.03 Å². The second-order valence-electron chi connectivity index (χ2n) is 7.43. The number of aryl methyl sites for hydroxylation is 1. The van der Waals surface area contributed by atoms with E-state index < -0.39 is 0 Å². The first-order valence-electron chi connectivity index (χ1n) is 8.86. The van der Waals surface area contributed by atoms with Crippen LogP contribution in [0.4, 0.5) is 4.79 Å². The fraction of sp³-hybridized carbons (Fsp3) is 0.632. The molecule has 0 radical (unpaired) electrons. The Kier molecular flexibility index (Phi) is 5.21. The van der Waals surface area contributed by atoms with Crippen LogP contribution in [0.25, 0.3) is 0 Å². The molecule has 3 rings (SSSR count). The average molecular weight is 315 g/mol. The second-order valence-corrected chi connectivity index (χ2v) is 7.43. The summed E-state index contributed by atoms with van der Waals surface area (Å²) in [6, 6.07) is 8.84. The number of fused-ring (bicyclic) bond motifs is 1. The molecule has 2 atom stereocenters. The lowest BCUT2D eigenvalue weighted by atomic mass is 9.84. The van der Waals surface area contributed by atoms with Gasteiger partial charge < -0.3 is 15.1 Å². The Labute approximate surface area is 139 Å². The van der Waals surface area contributed by atoms with Crippen LogP contribution in [0, 0.1) is 11.8 Å². The third kappa shape index (κ3) is 4.25. The van der Waals surface area contributed by atoms with Gasteiger partial charge in [0.25, 0.3) is 0 Å². The normalized spacial score (nSPS) is 23.9. The highest BCUT2D eigenvalue weighted by Gasteiger charge is 2.27. The third-order valence-electron chi connectivity index (χ3n) is 5.19. The minimum absolute atomic E-state index is 0.130. The number of nitrogens with one attached hydrogen (secondary N) is 1. The number of hydrogen-bond donors (Lipinski definition) is 1. The maximum Gasteiger partial charge on any atom is 0.317 e. The number of benzene rings is 1. The van der Waals surface area contributed by atoms with Crippen molar-refractivity contribution < 1.29 is 4.79 Å². The van der Waals surface area contributed by atoms with Gasteiger partial charge in [-0.1, -0.05) is 24.3 Å². The molecule has 0 aromatic heterocycles. The Morgan fingerprint density at radius 3 is 2.78 bits per heavy atom. The molecule has 0 unspecified atom stereocenters. The number of likely N-dealkylation sites (tertiary alicyclic amines) is 1. The van der Waals surface area contributed by atoms with Crippen molar-refractivity contribution in [2.45, 2.75) is 25.7 Å². The van der Waals surface area contributed by atoms with Gasteiger partial charge in [0.2, 0.25) is 0 Å². The largest absolute Gasteiger partial charge is 0.338 e. The van der Waals surface area contributed by atoms with Crippen molar-refractivity contribution in [3.05, 3.63) is 35.4 Å². The van der Waals surface area contributed by atoms with E-state index in [1.807, 2.05) is 4.90 Å². The van der Waals surface area contributed by atoms with Crippen LogP contribution < -0.4 is 5.32 Å². The first-order chi connectivity index (χ1) is 11.1. The highest BCUT2D eigenvalue weighted by atomic mass is 16.2. The second kappa shape index (κ2) is 7.35. The molecule has 2 aliphatic rings. The summed E-state index contributed by atoms with van der Waals surface area (Å²) in [6.07, 6.45) is 4.55. The summed E-state index contributed by atoms with van der Waals surface area (Å²) in [7, 11) is 4.20. The average Bonchev–Trinajstić information content (AvgIpc) is 3.00. The van der Waals surface area contributed by atoms with Gasteiger partial charge in [-0.2, -0.15) is 0 Å². The maximum atomic E-state index is 12.4. The Bertz CT molecular complexity index is 543. The molecule has 1 fully saturated rings. The summed E-state index contributed by atoms with van der Waals surface area (Å²) in [5.74, 6) is 1.20. The van der Waals surface area contributed by atoms with Gasteiger partial charge in [-0.15, -0.1) is 0 Å². The fourth-order valence-corrected chi connectivity index (χ4v) is 3.97. The highest BCUT2D eigenvalue weighted by Crippen LogP contribution is 2.25. The summed E-state index contributed by atoms with van der Waals surface area (Å²) in [5.41, 5.74) is 2.95. The molecular formula is C19H29N3O. The first kappa shape index (κ1) is 16.3. The van der Waals surface area contributed by atoms with E-state index in [1.54, 1.807) is 0 Å². The topological polar surface area (TPSA) is 35.6 Å². The number of carbonyl (C=O) groups excluding carboxylic acids is 1. The first-order valence-corrected chi connectivity index (χ1v) is 8.86. The fourth-order valence-electron chi connectivity index (χ4n) is 3.97. The summed E-state index contributed by atoms with van der Waals surface area (Å²) < 4.78 is 0. The van der Waals surface area contributed by atoms with E-state index in [2.05, 4.69) is 48.6 Å². The summed E-state index contributed by atoms with van der Waals surface area (Å²) in [5, 5.41) is 3.17. The molecule has 1 aliphatic heterocycles. The van der Waals surface area contributed by atoms with Gasteiger partial charge in [0.15, 0.2) is 0 Å². The van der Waals surface area contributed by atoms with Crippen LogP contribution in [0.1, 0.15) is 24.0 Å². The van der Waals surface area contributed by atoms with Crippen LogP contribution in [0.5, 0.6) is 0 Å². The molecular weight excluding hydrogens is 286 g/mol. The SMILES string of the molecule is CN(C)C[C@@H]1CCN(C(=O)NC[C@@H]2CCc3ccccc3C2)C1. The van der Waals surface area contributed by atoms with E-state index in [0.717, 1.165) is 45.4 Å². The van der Waals surface area contributed by atoms with Crippen LogP contribution in [-0.2, 0) is 12.8 Å². The molecule has 1 aliphatic carbocycles. The van der Waals surface area contributed by atoms with Gasteiger partial charge in [0, 0.05) is 26.2 Å². The van der Waals surface area contributed by atoms with Crippen LogP contribution in [0.2, 0.25) is 0 Å². The Morgan fingerprint density at radius 1 is 1.22 bits per heavy atom. The zero-order valence-corrected chi connectivity index (χ0v) is 14.4. The van der Waals surface area contributed by atoms with Gasteiger partial charge in [0.05, 0.1) is 0 Å². The van der Waals surface area contributed by atoms with Gasteiger partial charge in [-0.3, -0.25) is 0 Å². The molecule has 4 nitrogen and oxygen atoms in total.